The summed E-state index contributed by atoms with van der Waals surface area (Å²) in [7, 11) is 0. The van der Waals surface area contributed by atoms with E-state index in [-0.39, 0.29) is 5.56 Å². The van der Waals surface area contributed by atoms with Crippen molar-refractivity contribution in [2.75, 3.05) is 6.07 Å². The maximum absolute atomic E-state index is 13.2. The van der Waals surface area contributed by atoms with Crippen LogP contribution < -0.4 is 0 Å². The largest absolute Gasteiger partial charge is 0.437 e. The van der Waals surface area contributed by atoms with Gasteiger partial charge in [0.05, 0.1) is 5.54 Å². The van der Waals surface area contributed by atoms with Gasteiger partial charge in [0, 0.05) is 16.1 Å². The van der Waals surface area contributed by atoms with Crippen LogP contribution in [0.3, 0.4) is 0 Å². The third-order valence-corrected chi connectivity index (χ3v) is 4.04. The standard InChI is InChI=1S/C20H20Cl2N2O4/c1-20(2,3)24(18(26)14-7-5-4-6-8-14)23(19(27)28-13-21)17(25)15-9-11-16(22)12-10-15/h4-12H,13H2,1-3H3. The fraction of sp³-hybridized carbons (Fsp3) is 0.250. The molecular weight excluding hydrogens is 403 g/mol. The van der Waals surface area contributed by atoms with Crippen LogP contribution in [0.4, 0.5) is 4.79 Å². The van der Waals surface area contributed by atoms with Crippen molar-refractivity contribution >= 4 is 41.1 Å². The first kappa shape index (κ1) is 21.7. The first-order chi connectivity index (χ1) is 13.2. The second-order valence-electron chi connectivity index (χ2n) is 6.80. The van der Waals surface area contributed by atoms with Crippen LogP contribution in [0.25, 0.3) is 0 Å². The number of hydrazine groups is 1. The lowest BCUT2D eigenvalue weighted by Crippen LogP contribution is -2.60. The quantitative estimate of drug-likeness (QED) is 0.517. The molecule has 0 spiro atoms. The lowest BCUT2D eigenvalue weighted by Gasteiger charge is -2.41. The molecule has 0 fully saturated rings. The highest BCUT2D eigenvalue weighted by Crippen LogP contribution is 2.24. The number of alkyl halides is 1. The Hall–Kier alpha value is -2.57. The molecule has 0 atom stereocenters. The molecule has 2 aromatic rings. The van der Waals surface area contributed by atoms with Gasteiger partial charge in [-0.05, 0) is 57.2 Å². The number of hydrogen-bond donors (Lipinski definition) is 0. The van der Waals surface area contributed by atoms with Gasteiger partial charge in [-0.3, -0.25) is 9.59 Å². The van der Waals surface area contributed by atoms with Crippen molar-refractivity contribution in [1.82, 2.24) is 10.0 Å². The maximum Gasteiger partial charge on any atom is 0.437 e. The molecule has 0 N–H and O–H groups in total. The Morgan fingerprint density at radius 3 is 1.93 bits per heavy atom. The van der Waals surface area contributed by atoms with Gasteiger partial charge in [-0.15, -0.1) is 5.01 Å². The van der Waals surface area contributed by atoms with Crippen LogP contribution in [0.2, 0.25) is 5.02 Å². The van der Waals surface area contributed by atoms with E-state index in [1.165, 1.54) is 24.3 Å². The molecule has 0 saturated carbocycles. The van der Waals surface area contributed by atoms with Crippen LogP contribution in [-0.4, -0.2) is 39.5 Å². The maximum atomic E-state index is 13.2. The molecule has 148 valence electrons. The molecule has 0 unspecified atom stereocenters. The van der Waals surface area contributed by atoms with Crippen LogP contribution >= 0.6 is 23.2 Å². The third kappa shape index (κ3) is 5.03. The van der Waals surface area contributed by atoms with Gasteiger partial charge in [0.15, 0.2) is 6.07 Å². The van der Waals surface area contributed by atoms with Crippen molar-refractivity contribution in [3.8, 4) is 0 Å². The number of imide groups is 1. The summed E-state index contributed by atoms with van der Waals surface area (Å²) >= 11 is 11.4. The van der Waals surface area contributed by atoms with Crippen LogP contribution in [0.15, 0.2) is 54.6 Å². The van der Waals surface area contributed by atoms with E-state index in [4.69, 9.17) is 27.9 Å². The van der Waals surface area contributed by atoms with E-state index in [2.05, 4.69) is 0 Å². The van der Waals surface area contributed by atoms with E-state index in [0.29, 0.717) is 15.6 Å². The molecule has 0 bridgehead atoms. The number of benzene rings is 2. The Kier molecular flexibility index (Phi) is 7.05. The summed E-state index contributed by atoms with van der Waals surface area (Å²) in [5.74, 6) is -1.28. The number of carbonyl (C=O) groups is 3. The minimum Gasteiger partial charge on any atom is -0.432 e. The summed E-state index contributed by atoms with van der Waals surface area (Å²) in [4.78, 5) is 39.0. The van der Waals surface area contributed by atoms with Crippen molar-refractivity contribution in [2.24, 2.45) is 0 Å². The van der Waals surface area contributed by atoms with Crippen LogP contribution in [0.1, 0.15) is 41.5 Å². The van der Waals surface area contributed by atoms with E-state index in [9.17, 15) is 14.4 Å². The predicted molar refractivity (Wildman–Crippen MR) is 107 cm³/mol. The summed E-state index contributed by atoms with van der Waals surface area (Å²) in [5, 5.41) is 2.16. The van der Waals surface area contributed by atoms with E-state index in [0.717, 1.165) is 5.01 Å². The number of carbonyl (C=O) groups excluding carboxylic acids is 3. The molecule has 28 heavy (non-hydrogen) atoms. The van der Waals surface area contributed by atoms with Gasteiger partial charge >= 0.3 is 6.09 Å². The first-order valence-corrected chi connectivity index (χ1v) is 9.30. The Balaban J connectivity index is 2.56. The molecule has 0 aliphatic rings. The minimum atomic E-state index is -1.06. The van der Waals surface area contributed by atoms with Crippen LogP contribution in [-0.2, 0) is 4.74 Å². The fourth-order valence-electron chi connectivity index (χ4n) is 2.48. The zero-order valence-corrected chi connectivity index (χ0v) is 17.2. The SMILES string of the molecule is CC(C)(C)N(C(=O)c1ccccc1)N(C(=O)OCCl)C(=O)c1ccc(Cl)cc1. The highest BCUT2D eigenvalue weighted by molar-refractivity contribution is 6.30. The lowest BCUT2D eigenvalue weighted by atomic mass is 10.1. The van der Waals surface area contributed by atoms with E-state index < -0.39 is 29.5 Å². The Morgan fingerprint density at radius 1 is 0.893 bits per heavy atom. The monoisotopic (exact) mass is 422 g/mol. The van der Waals surface area contributed by atoms with Gasteiger partial charge < -0.3 is 4.74 Å². The van der Waals surface area contributed by atoms with Gasteiger partial charge in [0.1, 0.15) is 0 Å². The van der Waals surface area contributed by atoms with Crippen molar-refractivity contribution in [3.05, 3.63) is 70.7 Å². The zero-order chi connectivity index (χ0) is 20.9. The second kappa shape index (κ2) is 9.08. The summed E-state index contributed by atoms with van der Waals surface area (Å²) in [6.45, 7) is 5.10. The molecule has 0 saturated heterocycles. The highest BCUT2D eigenvalue weighted by Gasteiger charge is 2.40. The summed E-state index contributed by atoms with van der Waals surface area (Å²) < 4.78 is 4.84. The van der Waals surface area contributed by atoms with Gasteiger partial charge in [-0.1, -0.05) is 41.4 Å². The summed E-state index contributed by atoms with van der Waals surface area (Å²) in [6, 6.07) is 13.8. The average molecular weight is 423 g/mol. The van der Waals surface area contributed by atoms with Crippen molar-refractivity contribution < 1.29 is 19.1 Å². The molecule has 0 radical (unpaired) electrons. The molecule has 2 aromatic carbocycles. The van der Waals surface area contributed by atoms with E-state index >= 15 is 0 Å². The molecule has 6 nitrogen and oxygen atoms in total. The molecule has 3 amide bonds. The number of halogens is 2. The topological polar surface area (TPSA) is 66.9 Å². The van der Waals surface area contributed by atoms with E-state index in [1.807, 2.05) is 0 Å². The lowest BCUT2D eigenvalue weighted by molar-refractivity contribution is -0.0373. The highest BCUT2D eigenvalue weighted by atomic mass is 35.5. The van der Waals surface area contributed by atoms with Crippen molar-refractivity contribution in [3.63, 3.8) is 0 Å². The third-order valence-electron chi connectivity index (χ3n) is 3.68. The number of amides is 3. The molecular formula is C20H20Cl2N2O4. The Labute approximate surface area is 173 Å². The first-order valence-electron chi connectivity index (χ1n) is 8.39. The predicted octanol–water partition coefficient (Wildman–Crippen LogP) is 4.97. The van der Waals surface area contributed by atoms with E-state index in [1.54, 1.807) is 51.1 Å². The minimum absolute atomic E-state index is 0.158. The molecule has 0 aromatic heterocycles. The smallest absolute Gasteiger partial charge is 0.432 e. The van der Waals surface area contributed by atoms with Gasteiger partial charge in [0.25, 0.3) is 11.8 Å². The summed E-state index contributed by atoms with van der Waals surface area (Å²) in [5.41, 5.74) is -0.462. The normalized spacial score (nSPS) is 10.9. The molecule has 8 heteroatoms. The van der Waals surface area contributed by atoms with Crippen LogP contribution in [0, 0.1) is 0 Å². The van der Waals surface area contributed by atoms with Crippen molar-refractivity contribution in [2.45, 2.75) is 26.3 Å². The zero-order valence-electron chi connectivity index (χ0n) is 15.7. The molecule has 0 aliphatic carbocycles. The number of ether oxygens (including phenoxy) is 1. The van der Waals surface area contributed by atoms with Crippen molar-refractivity contribution in [1.29, 1.82) is 0 Å². The number of rotatable bonds is 3. The fourth-order valence-corrected chi connectivity index (χ4v) is 2.70. The number of hydrogen-bond acceptors (Lipinski definition) is 4. The molecule has 2 rings (SSSR count). The van der Waals surface area contributed by atoms with Crippen LogP contribution in [0.5, 0.6) is 0 Å². The second-order valence-corrected chi connectivity index (χ2v) is 7.45. The average Bonchev–Trinajstić information content (AvgIpc) is 2.65. The molecule has 0 aliphatic heterocycles. The number of nitrogens with zero attached hydrogens (tertiary/aromatic N) is 2. The Morgan fingerprint density at radius 2 is 1.43 bits per heavy atom. The van der Waals surface area contributed by atoms with Gasteiger partial charge in [-0.25, -0.2) is 9.80 Å². The van der Waals surface area contributed by atoms with Gasteiger partial charge in [-0.2, -0.15) is 0 Å². The molecule has 0 heterocycles. The van der Waals surface area contributed by atoms with Gasteiger partial charge in [0.2, 0.25) is 0 Å². The Bertz CT molecular complexity index is 849. The summed E-state index contributed by atoms with van der Waals surface area (Å²) in [6.07, 6.45) is -1.06.